The smallest absolute Gasteiger partial charge is 0.317 e. The average Bonchev–Trinajstić information content (AvgIpc) is 3.37. The molecule has 1 aromatic rings. The van der Waals surface area contributed by atoms with Gasteiger partial charge in [0.2, 0.25) is 0 Å². The molecule has 0 saturated heterocycles. The van der Waals surface area contributed by atoms with Crippen molar-refractivity contribution in [1.29, 1.82) is 0 Å². The minimum atomic E-state index is -0.512. The normalized spacial score (nSPS) is 25.4. The number of ether oxygens (including phenoxy) is 1. The van der Waals surface area contributed by atoms with Crippen LogP contribution in [-0.2, 0) is 19.7 Å². The predicted octanol–water partition coefficient (Wildman–Crippen LogP) is 2.96. The molecule has 0 radical (unpaired) electrons. The number of amides is 1. The van der Waals surface area contributed by atoms with Crippen LogP contribution in [0.15, 0.2) is 30.3 Å². The van der Waals surface area contributed by atoms with Crippen molar-refractivity contribution in [1.82, 2.24) is 5.32 Å². The van der Waals surface area contributed by atoms with E-state index in [1.807, 2.05) is 30.3 Å². The third-order valence-corrected chi connectivity index (χ3v) is 5.18. The highest BCUT2D eigenvalue weighted by atomic mass is 16.5. The summed E-state index contributed by atoms with van der Waals surface area (Å²) in [6.07, 6.45) is 5.96. The number of hydrogen-bond acceptors (Lipinski definition) is 3. The van der Waals surface area contributed by atoms with Gasteiger partial charge >= 0.3 is 5.97 Å². The van der Waals surface area contributed by atoms with Crippen LogP contribution in [0.1, 0.15) is 51.0 Å². The highest BCUT2D eigenvalue weighted by Gasteiger charge is 2.52. The molecule has 2 aliphatic carbocycles. The third kappa shape index (κ3) is 3.74. The molecule has 0 heterocycles. The van der Waals surface area contributed by atoms with Crippen LogP contribution in [0.3, 0.4) is 0 Å². The van der Waals surface area contributed by atoms with Gasteiger partial charge in [0.15, 0.2) is 6.61 Å². The fourth-order valence-corrected chi connectivity index (χ4v) is 3.44. The molecular weight excluding hydrogens is 290 g/mol. The summed E-state index contributed by atoms with van der Waals surface area (Å²) in [5.41, 5.74) is 0.480. The lowest BCUT2D eigenvalue weighted by molar-refractivity contribution is -0.151. The van der Waals surface area contributed by atoms with Crippen molar-refractivity contribution < 1.29 is 14.3 Å². The van der Waals surface area contributed by atoms with Crippen LogP contribution < -0.4 is 5.32 Å². The molecule has 1 N–H and O–H groups in total. The topological polar surface area (TPSA) is 55.4 Å². The fraction of sp³-hybridized carbons (Fsp3) is 0.579. The molecule has 2 saturated carbocycles. The van der Waals surface area contributed by atoms with Crippen LogP contribution in [0.25, 0.3) is 0 Å². The number of carbonyl (C=O) groups excluding carboxylic acids is 2. The zero-order valence-corrected chi connectivity index (χ0v) is 13.7. The molecule has 2 aliphatic rings. The first-order valence-corrected chi connectivity index (χ1v) is 8.62. The molecule has 1 aromatic carbocycles. The van der Waals surface area contributed by atoms with E-state index in [9.17, 15) is 9.59 Å². The Morgan fingerprint density at radius 3 is 2.39 bits per heavy atom. The molecule has 2 fully saturated rings. The Hall–Kier alpha value is -1.84. The Kier molecular flexibility index (Phi) is 4.69. The molecule has 4 heteroatoms. The van der Waals surface area contributed by atoms with E-state index in [2.05, 4.69) is 12.2 Å². The SMILES string of the molecule is CC1CCC(NC(=O)COC(=O)C2(c3ccccc3)CC2)CC1. The molecule has 0 atom stereocenters. The molecular formula is C19H25NO3. The standard InChI is InChI=1S/C19H25NO3/c1-14-7-9-16(10-8-14)20-17(21)13-23-18(22)19(11-12-19)15-5-3-2-4-6-15/h2-6,14,16H,7-13H2,1H3,(H,20,21). The van der Waals surface area contributed by atoms with Gasteiger partial charge in [-0.05, 0) is 50.0 Å². The molecule has 0 unspecified atom stereocenters. The summed E-state index contributed by atoms with van der Waals surface area (Å²) in [7, 11) is 0. The van der Waals surface area contributed by atoms with Gasteiger partial charge in [-0.25, -0.2) is 0 Å². The van der Waals surface area contributed by atoms with Gasteiger partial charge < -0.3 is 10.1 Å². The second kappa shape index (κ2) is 6.73. The van der Waals surface area contributed by atoms with Crippen molar-refractivity contribution in [2.45, 2.75) is 56.9 Å². The summed E-state index contributed by atoms with van der Waals surface area (Å²) in [6, 6.07) is 9.94. The maximum absolute atomic E-state index is 12.4. The van der Waals surface area contributed by atoms with Gasteiger partial charge in [0, 0.05) is 6.04 Å². The van der Waals surface area contributed by atoms with Crippen LogP contribution in [0.5, 0.6) is 0 Å². The maximum atomic E-state index is 12.4. The summed E-state index contributed by atoms with van der Waals surface area (Å²) in [5.74, 6) is 0.305. The highest BCUT2D eigenvalue weighted by Crippen LogP contribution is 2.49. The largest absolute Gasteiger partial charge is 0.455 e. The monoisotopic (exact) mass is 315 g/mol. The highest BCUT2D eigenvalue weighted by molar-refractivity contribution is 5.89. The lowest BCUT2D eigenvalue weighted by Crippen LogP contribution is -2.40. The predicted molar refractivity (Wildman–Crippen MR) is 87.9 cm³/mol. The van der Waals surface area contributed by atoms with Gasteiger partial charge in [-0.2, -0.15) is 0 Å². The Morgan fingerprint density at radius 2 is 1.78 bits per heavy atom. The zero-order valence-electron chi connectivity index (χ0n) is 13.7. The van der Waals surface area contributed by atoms with E-state index >= 15 is 0 Å². The van der Waals surface area contributed by atoms with Gasteiger partial charge in [0.05, 0.1) is 5.41 Å². The maximum Gasteiger partial charge on any atom is 0.317 e. The minimum Gasteiger partial charge on any atom is -0.455 e. The Morgan fingerprint density at radius 1 is 1.13 bits per heavy atom. The third-order valence-electron chi connectivity index (χ3n) is 5.18. The molecule has 0 spiro atoms. The molecule has 4 nitrogen and oxygen atoms in total. The number of hydrogen-bond donors (Lipinski definition) is 1. The first kappa shape index (κ1) is 16.0. The van der Waals surface area contributed by atoms with Crippen LogP contribution >= 0.6 is 0 Å². The second-order valence-corrected chi connectivity index (χ2v) is 7.05. The number of esters is 1. The van der Waals surface area contributed by atoms with E-state index in [1.165, 1.54) is 0 Å². The molecule has 23 heavy (non-hydrogen) atoms. The molecule has 0 aliphatic heterocycles. The van der Waals surface area contributed by atoms with Crippen molar-refractivity contribution in [3.63, 3.8) is 0 Å². The van der Waals surface area contributed by atoms with E-state index in [0.717, 1.165) is 50.0 Å². The molecule has 0 bridgehead atoms. The van der Waals surface area contributed by atoms with E-state index in [0.29, 0.717) is 0 Å². The van der Waals surface area contributed by atoms with Crippen molar-refractivity contribution >= 4 is 11.9 Å². The summed E-state index contributed by atoms with van der Waals surface area (Å²) < 4.78 is 5.30. The van der Waals surface area contributed by atoms with E-state index in [1.54, 1.807) is 0 Å². The summed E-state index contributed by atoms with van der Waals surface area (Å²) in [5, 5.41) is 2.99. The first-order chi connectivity index (χ1) is 11.1. The summed E-state index contributed by atoms with van der Waals surface area (Å²) >= 11 is 0. The molecule has 3 rings (SSSR count). The minimum absolute atomic E-state index is 0.167. The molecule has 0 aromatic heterocycles. The van der Waals surface area contributed by atoms with Gasteiger partial charge in [0.25, 0.3) is 5.91 Å². The lowest BCUT2D eigenvalue weighted by atomic mass is 9.87. The second-order valence-electron chi connectivity index (χ2n) is 7.05. The van der Waals surface area contributed by atoms with Crippen molar-refractivity contribution in [2.24, 2.45) is 5.92 Å². The van der Waals surface area contributed by atoms with Gasteiger partial charge in [-0.3, -0.25) is 9.59 Å². The zero-order chi connectivity index (χ0) is 16.3. The molecule has 1 amide bonds. The Bertz CT molecular complexity index is 557. The first-order valence-electron chi connectivity index (χ1n) is 8.62. The Balaban J connectivity index is 1.47. The quantitative estimate of drug-likeness (QED) is 0.850. The van der Waals surface area contributed by atoms with E-state index in [-0.39, 0.29) is 24.5 Å². The Labute approximate surface area is 137 Å². The van der Waals surface area contributed by atoms with Crippen molar-refractivity contribution in [3.05, 3.63) is 35.9 Å². The van der Waals surface area contributed by atoms with Gasteiger partial charge in [-0.15, -0.1) is 0 Å². The lowest BCUT2D eigenvalue weighted by Gasteiger charge is -2.26. The molecule has 124 valence electrons. The van der Waals surface area contributed by atoms with Crippen molar-refractivity contribution in [3.8, 4) is 0 Å². The number of benzene rings is 1. The van der Waals surface area contributed by atoms with E-state index in [4.69, 9.17) is 4.74 Å². The van der Waals surface area contributed by atoms with E-state index < -0.39 is 5.41 Å². The summed E-state index contributed by atoms with van der Waals surface area (Å²) in [4.78, 5) is 24.4. The number of carbonyl (C=O) groups is 2. The van der Waals surface area contributed by atoms with Crippen molar-refractivity contribution in [2.75, 3.05) is 6.61 Å². The fourth-order valence-electron chi connectivity index (χ4n) is 3.44. The average molecular weight is 315 g/mol. The number of rotatable bonds is 5. The van der Waals surface area contributed by atoms with Crippen LogP contribution in [0.2, 0.25) is 0 Å². The van der Waals surface area contributed by atoms with Crippen LogP contribution in [0, 0.1) is 5.92 Å². The van der Waals surface area contributed by atoms with Crippen LogP contribution in [-0.4, -0.2) is 24.5 Å². The summed E-state index contributed by atoms with van der Waals surface area (Å²) in [6.45, 7) is 2.08. The van der Waals surface area contributed by atoms with Crippen LogP contribution in [0.4, 0.5) is 0 Å². The van der Waals surface area contributed by atoms with Gasteiger partial charge in [-0.1, -0.05) is 37.3 Å². The van der Waals surface area contributed by atoms with Gasteiger partial charge in [0.1, 0.15) is 0 Å². The number of nitrogens with one attached hydrogen (secondary N) is 1.